The molecule has 0 saturated heterocycles. The van der Waals surface area contributed by atoms with Crippen molar-refractivity contribution in [3.63, 3.8) is 0 Å². The molecule has 0 N–H and O–H groups in total. The Morgan fingerprint density at radius 2 is 0.768 bits per heavy atom. The van der Waals surface area contributed by atoms with Crippen LogP contribution in [0.1, 0.15) is 47.2 Å². The molecule has 8 aromatic carbocycles. The van der Waals surface area contributed by atoms with Gasteiger partial charge in [0.1, 0.15) is 0 Å². The summed E-state index contributed by atoms with van der Waals surface area (Å²) in [6.45, 7) is 4.73. The van der Waals surface area contributed by atoms with Crippen molar-refractivity contribution in [3.8, 4) is 56.4 Å². The van der Waals surface area contributed by atoms with Crippen LogP contribution >= 0.6 is 0 Å². The van der Waals surface area contributed by atoms with Crippen LogP contribution in [0.5, 0.6) is 0 Å². The molecule has 0 bridgehead atoms. The van der Waals surface area contributed by atoms with Crippen LogP contribution < -0.4 is 0 Å². The Morgan fingerprint density at radius 3 is 1.45 bits per heavy atom. The molecular weight excluding hydrogens is 679 g/mol. The molecule has 0 amide bonds. The third kappa shape index (κ3) is 4.74. The molecule has 0 unspecified atom stereocenters. The molecule has 3 heteroatoms. The highest BCUT2D eigenvalue weighted by Gasteiger charge is 2.53. The minimum atomic E-state index is -0.445. The summed E-state index contributed by atoms with van der Waals surface area (Å²) in [6.07, 6.45) is 0. The van der Waals surface area contributed by atoms with E-state index in [0.717, 1.165) is 22.3 Å². The first-order valence-corrected chi connectivity index (χ1v) is 19.4. The fraction of sp³-hybridized carbons (Fsp3) is 0.0755. The number of fused-ring (bicyclic) bond motifs is 10. The minimum Gasteiger partial charge on any atom is -0.208 e. The van der Waals surface area contributed by atoms with Crippen LogP contribution in [-0.4, -0.2) is 15.0 Å². The van der Waals surface area contributed by atoms with Gasteiger partial charge in [0.15, 0.2) is 17.5 Å². The van der Waals surface area contributed by atoms with Gasteiger partial charge >= 0.3 is 0 Å². The molecule has 0 radical (unpaired) electrons. The van der Waals surface area contributed by atoms with Crippen LogP contribution in [0.15, 0.2) is 188 Å². The van der Waals surface area contributed by atoms with Crippen LogP contribution in [-0.2, 0) is 10.8 Å². The van der Waals surface area contributed by atoms with Crippen molar-refractivity contribution in [1.29, 1.82) is 0 Å². The van der Waals surface area contributed by atoms with E-state index in [2.05, 4.69) is 184 Å². The summed E-state index contributed by atoms with van der Waals surface area (Å²) in [5.74, 6) is 1.95. The van der Waals surface area contributed by atoms with Gasteiger partial charge in [-0.2, -0.15) is 0 Å². The predicted molar refractivity (Wildman–Crippen MR) is 229 cm³/mol. The van der Waals surface area contributed by atoms with Gasteiger partial charge in [0.25, 0.3) is 0 Å². The topological polar surface area (TPSA) is 38.7 Å². The monoisotopic (exact) mass is 715 g/mol. The van der Waals surface area contributed by atoms with Crippen molar-refractivity contribution in [2.24, 2.45) is 0 Å². The smallest absolute Gasteiger partial charge is 0.164 e. The van der Waals surface area contributed by atoms with E-state index in [-0.39, 0.29) is 5.41 Å². The molecule has 9 aromatic rings. The Kier molecular flexibility index (Phi) is 7.11. The van der Waals surface area contributed by atoms with Crippen molar-refractivity contribution in [1.82, 2.24) is 15.0 Å². The summed E-state index contributed by atoms with van der Waals surface area (Å²) < 4.78 is 0. The van der Waals surface area contributed by atoms with Crippen LogP contribution in [0.4, 0.5) is 0 Å². The van der Waals surface area contributed by atoms with E-state index in [1.54, 1.807) is 0 Å². The van der Waals surface area contributed by atoms with Gasteiger partial charge < -0.3 is 0 Å². The van der Waals surface area contributed by atoms with Gasteiger partial charge in [-0.25, -0.2) is 15.0 Å². The molecule has 11 rings (SSSR count). The van der Waals surface area contributed by atoms with E-state index in [1.165, 1.54) is 60.8 Å². The number of rotatable bonds is 4. The largest absolute Gasteiger partial charge is 0.208 e. The second-order valence-electron chi connectivity index (χ2n) is 15.6. The van der Waals surface area contributed by atoms with E-state index in [9.17, 15) is 0 Å². The lowest BCUT2D eigenvalue weighted by Crippen LogP contribution is -2.40. The third-order valence-corrected chi connectivity index (χ3v) is 12.2. The lowest BCUT2D eigenvalue weighted by atomic mass is 9.55. The van der Waals surface area contributed by atoms with Crippen molar-refractivity contribution < 1.29 is 0 Å². The van der Waals surface area contributed by atoms with Crippen LogP contribution in [0.2, 0.25) is 0 Å². The zero-order chi connectivity index (χ0) is 37.4. The lowest BCUT2D eigenvalue weighted by Gasteiger charge is -2.46. The van der Waals surface area contributed by atoms with Crippen molar-refractivity contribution in [3.05, 3.63) is 221 Å². The molecule has 264 valence electrons. The maximum absolute atomic E-state index is 5.20. The molecule has 1 spiro atoms. The zero-order valence-corrected chi connectivity index (χ0v) is 31.2. The summed E-state index contributed by atoms with van der Waals surface area (Å²) >= 11 is 0. The fourth-order valence-corrected chi connectivity index (χ4v) is 9.54. The van der Waals surface area contributed by atoms with Crippen LogP contribution in [0, 0.1) is 0 Å². The Bertz CT molecular complexity index is 2950. The van der Waals surface area contributed by atoms with Gasteiger partial charge in [0.05, 0.1) is 5.41 Å². The van der Waals surface area contributed by atoms with E-state index in [0.29, 0.717) is 17.5 Å². The van der Waals surface area contributed by atoms with Gasteiger partial charge in [-0.1, -0.05) is 190 Å². The quantitative estimate of drug-likeness (QED) is 0.182. The number of hydrogen-bond donors (Lipinski definition) is 0. The van der Waals surface area contributed by atoms with Crippen molar-refractivity contribution in [2.75, 3.05) is 0 Å². The molecule has 0 atom stereocenters. The van der Waals surface area contributed by atoms with Gasteiger partial charge in [0, 0.05) is 22.1 Å². The van der Waals surface area contributed by atoms with Crippen LogP contribution in [0.25, 0.3) is 67.2 Å². The molecule has 2 aliphatic rings. The first-order chi connectivity index (χ1) is 27.5. The Labute approximate surface area is 327 Å². The van der Waals surface area contributed by atoms with E-state index in [1.807, 2.05) is 18.2 Å². The standard InChI is InChI=1S/C53H37N3/c1-52(2)45-20-10-12-22-47(45)53(48-23-13-11-21-46(48)52)43-19-9-8-18-41(43)42-33-40(30-31-44(42)53)51-55-49(36-15-4-3-5-16-36)54-50(56-51)37-27-24-35(25-28-37)39-29-26-34-14-6-7-17-38(34)32-39/h3-33H,1-2H3. The number of benzene rings is 8. The summed E-state index contributed by atoms with van der Waals surface area (Å²) in [4.78, 5) is 15.4. The normalized spacial score (nSPS) is 14.2. The van der Waals surface area contributed by atoms with Gasteiger partial charge in [-0.05, 0) is 78.5 Å². The van der Waals surface area contributed by atoms with E-state index in [4.69, 9.17) is 15.0 Å². The maximum Gasteiger partial charge on any atom is 0.164 e. The lowest BCUT2D eigenvalue weighted by molar-refractivity contribution is 0.563. The van der Waals surface area contributed by atoms with Gasteiger partial charge in [-0.15, -0.1) is 0 Å². The molecule has 56 heavy (non-hydrogen) atoms. The molecule has 0 fully saturated rings. The first kappa shape index (κ1) is 32.5. The summed E-state index contributed by atoms with van der Waals surface area (Å²) in [7, 11) is 0. The molecule has 1 heterocycles. The highest BCUT2D eigenvalue weighted by Crippen LogP contribution is 2.62. The van der Waals surface area contributed by atoms with Gasteiger partial charge in [0.2, 0.25) is 0 Å². The molecule has 0 saturated carbocycles. The summed E-state index contributed by atoms with van der Waals surface area (Å²) in [5, 5.41) is 2.47. The first-order valence-electron chi connectivity index (χ1n) is 19.4. The highest BCUT2D eigenvalue weighted by molar-refractivity contribution is 5.91. The Morgan fingerprint density at radius 1 is 0.304 bits per heavy atom. The second-order valence-corrected chi connectivity index (χ2v) is 15.6. The maximum atomic E-state index is 5.20. The van der Waals surface area contributed by atoms with Gasteiger partial charge in [-0.3, -0.25) is 0 Å². The molecule has 1 aromatic heterocycles. The average Bonchev–Trinajstić information content (AvgIpc) is 3.56. The van der Waals surface area contributed by atoms with E-state index >= 15 is 0 Å². The minimum absolute atomic E-state index is 0.140. The number of hydrogen-bond acceptors (Lipinski definition) is 3. The highest BCUT2D eigenvalue weighted by atomic mass is 15.0. The molecule has 3 nitrogen and oxygen atoms in total. The number of nitrogens with zero attached hydrogens (tertiary/aromatic N) is 3. The third-order valence-electron chi connectivity index (χ3n) is 12.2. The Hall–Kier alpha value is -6.97. The molecule has 0 aliphatic heterocycles. The Balaban J connectivity index is 1.08. The predicted octanol–water partition coefficient (Wildman–Crippen LogP) is 12.7. The average molecular weight is 716 g/mol. The van der Waals surface area contributed by atoms with Crippen LogP contribution in [0.3, 0.4) is 0 Å². The SMILES string of the molecule is CC1(C)c2ccccc2C2(c3ccccc3-c3cc(-c4nc(-c5ccccc5)nc(-c5ccc(-c6ccc7ccccc7c6)cc5)n4)ccc32)c2ccccc21. The second kappa shape index (κ2) is 12.3. The van der Waals surface area contributed by atoms with Crippen molar-refractivity contribution >= 4 is 10.8 Å². The zero-order valence-electron chi connectivity index (χ0n) is 31.2. The fourth-order valence-electron chi connectivity index (χ4n) is 9.54. The summed E-state index contributed by atoms with van der Waals surface area (Å²) in [5.41, 5.74) is 15.1. The van der Waals surface area contributed by atoms with E-state index < -0.39 is 5.41 Å². The molecule has 2 aliphatic carbocycles. The molecular formula is C53H37N3. The number of aromatic nitrogens is 3. The van der Waals surface area contributed by atoms with Crippen molar-refractivity contribution in [2.45, 2.75) is 24.7 Å². The summed E-state index contributed by atoms with van der Waals surface area (Å²) in [6, 6.07) is 67.8.